The van der Waals surface area contributed by atoms with Crippen LogP contribution < -0.4 is 10.1 Å². The Bertz CT molecular complexity index is 630. The molecule has 2 aromatic carbocycles. The molecule has 130 valence electrons. The number of methoxy groups -OCH3 is 1. The van der Waals surface area contributed by atoms with E-state index in [4.69, 9.17) is 9.47 Å². The van der Waals surface area contributed by atoms with Gasteiger partial charge in [0.2, 0.25) is 0 Å². The molecule has 5 heteroatoms. The molecule has 0 saturated carbocycles. The Balaban J connectivity index is 0.00000208. The molecule has 1 saturated heterocycles. The third kappa shape index (κ3) is 3.90. The molecule has 2 N–H and O–H groups in total. The van der Waals surface area contributed by atoms with Gasteiger partial charge in [0, 0.05) is 25.1 Å². The van der Waals surface area contributed by atoms with Crippen LogP contribution in [0.25, 0.3) is 0 Å². The molecule has 2 unspecified atom stereocenters. The summed E-state index contributed by atoms with van der Waals surface area (Å²) >= 11 is 0. The summed E-state index contributed by atoms with van der Waals surface area (Å²) < 4.78 is 11.7. The van der Waals surface area contributed by atoms with Gasteiger partial charge in [-0.15, -0.1) is 12.4 Å². The van der Waals surface area contributed by atoms with Crippen LogP contribution in [-0.4, -0.2) is 31.9 Å². The highest BCUT2D eigenvalue weighted by Gasteiger charge is 2.39. The van der Waals surface area contributed by atoms with Gasteiger partial charge in [-0.3, -0.25) is 0 Å². The van der Waals surface area contributed by atoms with Gasteiger partial charge in [-0.05, 0) is 11.6 Å². The van der Waals surface area contributed by atoms with Crippen LogP contribution in [0.3, 0.4) is 0 Å². The van der Waals surface area contributed by atoms with Crippen molar-refractivity contribution in [3.63, 3.8) is 0 Å². The molecule has 0 aromatic heterocycles. The van der Waals surface area contributed by atoms with Crippen LogP contribution in [0, 0.1) is 0 Å². The Morgan fingerprint density at radius 1 is 1.17 bits per heavy atom. The Morgan fingerprint density at radius 2 is 1.88 bits per heavy atom. The lowest BCUT2D eigenvalue weighted by Crippen LogP contribution is -2.48. The first kappa shape index (κ1) is 18.7. The maximum atomic E-state index is 10.7. The summed E-state index contributed by atoms with van der Waals surface area (Å²) in [7, 11) is 1.66. The van der Waals surface area contributed by atoms with E-state index in [1.165, 1.54) is 0 Å². The second-order valence-electron chi connectivity index (χ2n) is 5.85. The first-order valence-electron chi connectivity index (χ1n) is 7.96. The number of hydrogen-bond acceptors (Lipinski definition) is 4. The Morgan fingerprint density at radius 3 is 2.54 bits per heavy atom. The first-order chi connectivity index (χ1) is 11.2. The van der Waals surface area contributed by atoms with Crippen LogP contribution in [0.15, 0.2) is 54.6 Å². The molecule has 0 spiro atoms. The van der Waals surface area contributed by atoms with E-state index in [0.29, 0.717) is 19.6 Å². The molecular weight excluding hydrogens is 326 g/mol. The van der Waals surface area contributed by atoms with E-state index < -0.39 is 11.7 Å². The maximum absolute atomic E-state index is 10.7. The topological polar surface area (TPSA) is 50.7 Å². The maximum Gasteiger partial charge on any atom is 0.125 e. The molecule has 0 aliphatic carbocycles. The number of aliphatic hydroxyl groups is 1. The van der Waals surface area contributed by atoms with Crippen LogP contribution in [0.2, 0.25) is 0 Å². The Hall–Kier alpha value is -1.59. The minimum Gasteiger partial charge on any atom is -0.496 e. The van der Waals surface area contributed by atoms with Crippen molar-refractivity contribution in [2.24, 2.45) is 0 Å². The minimum absolute atomic E-state index is 0. The molecule has 1 aliphatic rings. The Labute approximate surface area is 149 Å². The van der Waals surface area contributed by atoms with Gasteiger partial charge in [-0.1, -0.05) is 48.5 Å². The van der Waals surface area contributed by atoms with E-state index in [-0.39, 0.29) is 12.4 Å². The van der Waals surface area contributed by atoms with Crippen LogP contribution >= 0.6 is 12.4 Å². The van der Waals surface area contributed by atoms with Crippen molar-refractivity contribution >= 4 is 12.4 Å². The number of ether oxygens (including phenoxy) is 2. The first-order valence-corrected chi connectivity index (χ1v) is 7.96. The van der Waals surface area contributed by atoms with Crippen molar-refractivity contribution in [1.29, 1.82) is 0 Å². The molecule has 3 rings (SSSR count). The number of rotatable bonds is 5. The Kier molecular flexibility index (Phi) is 6.63. The van der Waals surface area contributed by atoms with E-state index in [1.54, 1.807) is 7.11 Å². The summed E-state index contributed by atoms with van der Waals surface area (Å²) in [5.41, 5.74) is 1.28. The van der Waals surface area contributed by atoms with Gasteiger partial charge in [0.15, 0.2) is 0 Å². The van der Waals surface area contributed by atoms with Gasteiger partial charge >= 0.3 is 0 Å². The van der Waals surface area contributed by atoms with Crippen LogP contribution in [0.4, 0.5) is 0 Å². The third-order valence-corrected chi connectivity index (χ3v) is 4.37. The van der Waals surface area contributed by atoms with E-state index in [0.717, 1.165) is 23.4 Å². The number of hydrogen-bond donors (Lipinski definition) is 2. The number of nitrogens with one attached hydrogen (secondary N) is 1. The van der Waals surface area contributed by atoms with Crippen molar-refractivity contribution in [3.05, 3.63) is 65.7 Å². The molecule has 1 aliphatic heterocycles. The number of halogens is 1. The summed E-state index contributed by atoms with van der Waals surface area (Å²) in [5.74, 6) is 0.788. The minimum atomic E-state index is -0.597. The highest BCUT2D eigenvalue weighted by molar-refractivity contribution is 5.85. The number of benzene rings is 2. The van der Waals surface area contributed by atoms with Crippen LogP contribution in [0.1, 0.15) is 23.7 Å². The summed E-state index contributed by atoms with van der Waals surface area (Å²) in [5, 5.41) is 14.1. The van der Waals surface area contributed by atoms with Crippen molar-refractivity contribution in [3.8, 4) is 5.75 Å². The van der Waals surface area contributed by atoms with Crippen LogP contribution in [0.5, 0.6) is 5.75 Å². The summed E-state index contributed by atoms with van der Waals surface area (Å²) in [4.78, 5) is 0. The van der Waals surface area contributed by atoms with E-state index >= 15 is 0 Å². The average Bonchev–Trinajstić information content (AvgIpc) is 2.63. The smallest absolute Gasteiger partial charge is 0.125 e. The highest BCUT2D eigenvalue weighted by atomic mass is 35.5. The van der Waals surface area contributed by atoms with Crippen molar-refractivity contribution in [2.75, 3.05) is 26.8 Å². The zero-order chi connectivity index (χ0) is 16.1. The SMILES string of the molecule is COc1ccccc1C1(CC(O)c2ccccc2)CNCCO1.Cl. The predicted molar refractivity (Wildman–Crippen MR) is 96.8 cm³/mol. The molecule has 24 heavy (non-hydrogen) atoms. The standard InChI is InChI=1S/C19H23NO3.ClH/c1-22-18-10-6-5-9-16(18)19(14-20-11-12-23-19)13-17(21)15-7-3-2-4-8-15;/h2-10,17,20-21H,11-14H2,1H3;1H. The average molecular weight is 350 g/mol. The molecule has 1 heterocycles. The quantitative estimate of drug-likeness (QED) is 0.871. The number of aliphatic hydroxyl groups excluding tert-OH is 1. The van der Waals surface area contributed by atoms with Gasteiger partial charge in [0.1, 0.15) is 11.4 Å². The number of para-hydroxylation sites is 1. The zero-order valence-electron chi connectivity index (χ0n) is 13.8. The third-order valence-electron chi connectivity index (χ3n) is 4.37. The van der Waals surface area contributed by atoms with Crippen molar-refractivity contribution in [2.45, 2.75) is 18.1 Å². The second kappa shape index (κ2) is 8.49. The second-order valence-corrected chi connectivity index (χ2v) is 5.85. The molecule has 2 aromatic rings. The molecule has 0 amide bonds. The van der Waals surface area contributed by atoms with Crippen molar-refractivity contribution in [1.82, 2.24) is 5.32 Å². The summed E-state index contributed by atoms with van der Waals surface area (Å²) in [6, 6.07) is 17.6. The number of morpholine rings is 1. The molecule has 0 bridgehead atoms. The van der Waals surface area contributed by atoms with Crippen LogP contribution in [-0.2, 0) is 10.3 Å². The predicted octanol–water partition coefficient (Wildman–Crippen LogP) is 3.06. The van der Waals surface area contributed by atoms with E-state index in [1.807, 2.05) is 54.6 Å². The van der Waals surface area contributed by atoms with Crippen molar-refractivity contribution < 1.29 is 14.6 Å². The molecule has 2 atom stereocenters. The van der Waals surface area contributed by atoms with Gasteiger partial charge in [-0.2, -0.15) is 0 Å². The summed E-state index contributed by atoms with van der Waals surface area (Å²) in [6.07, 6.45) is -0.120. The molecular formula is C19H24ClNO3. The van der Waals surface area contributed by atoms with Gasteiger partial charge < -0.3 is 19.9 Å². The van der Waals surface area contributed by atoms with Gasteiger partial charge in [0.25, 0.3) is 0 Å². The summed E-state index contributed by atoms with van der Waals surface area (Å²) in [6.45, 7) is 2.08. The normalized spacial score (nSPS) is 21.6. The van der Waals surface area contributed by atoms with E-state index in [9.17, 15) is 5.11 Å². The lowest BCUT2D eigenvalue weighted by atomic mass is 9.84. The highest BCUT2D eigenvalue weighted by Crippen LogP contribution is 2.40. The monoisotopic (exact) mass is 349 g/mol. The largest absolute Gasteiger partial charge is 0.496 e. The fraction of sp³-hybridized carbons (Fsp3) is 0.368. The lowest BCUT2D eigenvalue weighted by Gasteiger charge is -2.40. The fourth-order valence-corrected chi connectivity index (χ4v) is 3.20. The molecule has 0 radical (unpaired) electrons. The lowest BCUT2D eigenvalue weighted by molar-refractivity contribution is -0.0986. The molecule has 4 nitrogen and oxygen atoms in total. The van der Waals surface area contributed by atoms with Gasteiger partial charge in [-0.25, -0.2) is 0 Å². The van der Waals surface area contributed by atoms with E-state index in [2.05, 4.69) is 5.32 Å². The fourth-order valence-electron chi connectivity index (χ4n) is 3.20. The zero-order valence-corrected chi connectivity index (χ0v) is 14.6. The van der Waals surface area contributed by atoms with Gasteiger partial charge in [0.05, 0.1) is 19.8 Å². The molecule has 1 fully saturated rings.